The first kappa shape index (κ1) is 19.6. The summed E-state index contributed by atoms with van der Waals surface area (Å²) >= 11 is 6.85. The van der Waals surface area contributed by atoms with Gasteiger partial charge < -0.3 is 9.47 Å². The van der Waals surface area contributed by atoms with Gasteiger partial charge in [0.05, 0.1) is 23.3 Å². The Morgan fingerprint density at radius 2 is 1.87 bits per heavy atom. The Hall–Kier alpha value is -2.38. The van der Waals surface area contributed by atoms with Gasteiger partial charge in [-0.2, -0.15) is 5.10 Å². The van der Waals surface area contributed by atoms with Gasteiger partial charge in [-0.25, -0.2) is 9.40 Å². The molecule has 0 radical (unpaired) electrons. The van der Waals surface area contributed by atoms with Crippen molar-refractivity contribution in [3.8, 4) is 11.5 Å². The highest BCUT2D eigenvalue weighted by atomic mass is 79.9. The molecular weight excluding hydrogens is 515 g/mol. The molecule has 0 amide bonds. The van der Waals surface area contributed by atoms with Gasteiger partial charge in [0.15, 0.2) is 0 Å². The molecule has 0 saturated heterocycles. The van der Waals surface area contributed by atoms with Crippen LogP contribution < -0.4 is 9.47 Å². The van der Waals surface area contributed by atoms with Gasteiger partial charge in [0.2, 0.25) is 6.23 Å². The number of hydrazone groups is 1. The van der Waals surface area contributed by atoms with Crippen LogP contribution in [-0.4, -0.2) is 17.8 Å². The van der Waals surface area contributed by atoms with Crippen LogP contribution in [0, 0.1) is 5.82 Å². The maximum absolute atomic E-state index is 13.8. The third-order valence-electron chi connectivity index (χ3n) is 5.40. The lowest BCUT2D eigenvalue weighted by Gasteiger charge is -2.38. The van der Waals surface area contributed by atoms with E-state index < -0.39 is 6.23 Å². The molecule has 0 spiro atoms. The summed E-state index contributed by atoms with van der Waals surface area (Å²) in [5.74, 6) is 1.32. The first-order valence-electron chi connectivity index (χ1n) is 9.45. The van der Waals surface area contributed by atoms with Crippen LogP contribution in [0.3, 0.4) is 0 Å². The van der Waals surface area contributed by atoms with Crippen LogP contribution in [0.25, 0.3) is 0 Å². The zero-order valence-corrected chi connectivity index (χ0v) is 19.2. The van der Waals surface area contributed by atoms with Gasteiger partial charge in [-0.1, -0.05) is 22.0 Å². The monoisotopic (exact) mass is 530 g/mol. The highest BCUT2D eigenvalue weighted by molar-refractivity contribution is 9.10. The third-order valence-corrected chi connectivity index (χ3v) is 6.50. The van der Waals surface area contributed by atoms with E-state index in [2.05, 4.69) is 37.9 Å². The Morgan fingerprint density at radius 3 is 2.60 bits per heavy atom. The van der Waals surface area contributed by atoms with E-state index in [9.17, 15) is 4.39 Å². The predicted octanol–water partition coefficient (Wildman–Crippen LogP) is 6.60. The average Bonchev–Trinajstić information content (AvgIpc) is 3.21. The van der Waals surface area contributed by atoms with Crippen LogP contribution in [0.2, 0.25) is 0 Å². The zero-order valence-electron chi connectivity index (χ0n) is 16.0. The van der Waals surface area contributed by atoms with Crippen molar-refractivity contribution in [1.82, 2.24) is 5.01 Å². The van der Waals surface area contributed by atoms with Gasteiger partial charge >= 0.3 is 0 Å². The molecule has 0 bridgehead atoms. The number of ether oxygens (including phenoxy) is 2. The second kappa shape index (κ2) is 7.71. The summed E-state index contributed by atoms with van der Waals surface area (Å²) in [7, 11) is 1.65. The SMILES string of the molecule is COc1ccc(C2=NN3[C@@H](C2)c2cc(Br)ccc2O[C@H]3c2ccc(F)c(Br)c2)cc1. The van der Waals surface area contributed by atoms with E-state index in [4.69, 9.17) is 14.6 Å². The summed E-state index contributed by atoms with van der Waals surface area (Å²) in [6.07, 6.45) is 0.300. The molecule has 7 heteroatoms. The number of fused-ring (bicyclic) bond motifs is 3. The molecule has 2 aliphatic heterocycles. The van der Waals surface area contributed by atoms with E-state index in [-0.39, 0.29) is 11.9 Å². The zero-order chi connectivity index (χ0) is 20.8. The lowest BCUT2D eigenvalue weighted by atomic mass is 9.96. The maximum Gasteiger partial charge on any atom is 0.213 e. The second-order valence-corrected chi connectivity index (χ2v) is 8.97. The van der Waals surface area contributed by atoms with E-state index >= 15 is 0 Å². The molecule has 0 unspecified atom stereocenters. The number of methoxy groups -OCH3 is 1. The lowest BCUT2D eigenvalue weighted by molar-refractivity contribution is -0.0191. The smallest absolute Gasteiger partial charge is 0.213 e. The van der Waals surface area contributed by atoms with Gasteiger partial charge in [0, 0.05) is 22.0 Å². The molecule has 0 aliphatic carbocycles. The minimum Gasteiger partial charge on any atom is -0.497 e. The van der Waals surface area contributed by atoms with E-state index in [0.29, 0.717) is 4.47 Å². The molecule has 0 saturated carbocycles. The van der Waals surface area contributed by atoms with Gasteiger partial charge in [-0.15, -0.1) is 0 Å². The van der Waals surface area contributed by atoms with Crippen LogP contribution in [-0.2, 0) is 0 Å². The van der Waals surface area contributed by atoms with Gasteiger partial charge in [0.1, 0.15) is 17.3 Å². The molecule has 2 heterocycles. The summed E-state index contributed by atoms with van der Waals surface area (Å²) in [5.41, 5.74) is 3.93. The van der Waals surface area contributed by atoms with Crippen LogP contribution in [0.5, 0.6) is 11.5 Å². The first-order valence-corrected chi connectivity index (χ1v) is 11.0. The van der Waals surface area contributed by atoms with E-state index in [1.165, 1.54) is 6.07 Å². The normalized spacial score (nSPS) is 19.6. The molecule has 0 fully saturated rings. The number of hydrogen-bond donors (Lipinski definition) is 0. The number of benzene rings is 3. The van der Waals surface area contributed by atoms with Crippen molar-refractivity contribution in [2.75, 3.05) is 7.11 Å². The van der Waals surface area contributed by atoms with Crippen molar-refractivity contribution in [3.63, 3.8) is 0 Å². The molecular formula is C23H17Br2FN2O2. The Bertz CT molecular complexity index is 1150. The van der Waals surface area contributed by atoms with Crippen molar-refractivity contribution in [3.05, 3.63) is 92.1 Å². The molecule has 3 aromatic carbocycles. The lowest BCUT2D eigenvalue weighted by Crippen LogP contribution is -2.33. The fourth-order valence-electron chi connectivity index (χ4n) is 3.90. The number of nitrogens with zero attached hydrogens (tertiary/aromatic N) is 2. The molecule has 30 heavy (non-hydrogen) atoms. The molecule has 4 nitrogen and oxygen atoms in total. The van der Waals surface area contributed by atoms with Crippen LogP contribution in [0.15, 0.2) is 74.7 Å². The van der Waals surface area contributed by atoms with Crippen LogP contribution >= 0.6 is 31.9 Å². The highest BCUT2D eigenvalue weighted by Gasteiger charge is 2.41. The summed E-state index contributed by atoms with van der Waals surface area (Å²) in [5, 5.41) is 6.91. The second-order valence-electron chi connectivity index (χ2n) is 7.20. The summed E-state index contributed by atoms with van der Waals surface area (Å²) in [4.78, 5) is 0. The predicted molar refractivity (Wildman–Crippen MR) is 120 cm³/mol. The standard InChI is InChI=1S/C23H17Br2FN2O2/c1-29-16-6-2-13(3-7-16)20-12-21-17-11-15(24)5-9-22(17)30-23(28(21)27-20)14-4-8-19(26)18(25)10-14/h2-11,21,23H,12H2,1H3/t21-,23-/m0/s1. The van der Waals surface area contributed by atoms with Crippen molar-refractivity contribution >= 4 is 37.6 Å². The Balaban J connectivity index is 1.58. The molecule has 0 N–H and O–H groups in total. The Morgan fingerprint density at radius 1 is 1.07 bits per heavy atom. The fourth-order valence-corrected chi connectivity index (χ4v) is 4.68. The first-order chi connectivity index (χ1) is 14.5. The minimum atomic E-state index is -0.448. The number of rotatable bonds is 3. The average molecular weight is 532 g/mol. The molecule has 2 aliphatic rings. The van der Waals surface area contributed by atoms with Crippen molar-refractivity contribution < 1.29 is 13.9 Å². The maximum atomic E-state index is 13.8. The number of halogens is 3. The van der Waals surface area contributed by atoms with Crippen LogP contribution in [0.1, 0.15) is 35.4 Å². The number of hydrogen-bond acceptors (Lipinski definition) is 4. The van der Waals surface area contributed by atoms with Gasteiger partial charge in [-0.3, -0.25) is 0 Å². The largest absolute Gasteiger partial charge is 0.497 e. The summed E-state index contributed by atoms with van der Waals surface area (Å²) in [6, 6.07) is 18.9. The molecule has 2 atom stereocenters. The van der Waals surface area contributed by atoms with Gasteiger partial charge in [-0.05, 0) is 76.1 Å². The molecule has 3 aromatic rings. The topological polar surface area (TPSA) is 34.1 Å². The fraction of sp³-hybridized carbons (Fsp3) is 0.174. The van der Waals surface area contributed by atoms with Crippen LogP contribution in [0.4, 0.5) is 4.39 Å². The van der Waals surface area contributed by atoms with E-state index in [1.807, 2.05) is 41.4 Å². The van der Waals surface area contributed by atoms with E-state index in [0.717, 1.165) is 44.8 Å². The van der Waals surface area contributed by atoms with Crippen molar-refractivity contribution in [2.24, 2.45) is 5.10 Å². The summed E-state index contributed by atoms with van der Waals surface area (Å²) in [6.45, 7) is 0. The van der Waals surface area contributed by atoms with Gasteiger partial charge in [0.25, 0.3) is 0 Å². The van der Waals surface area contributed by atoms with E-state index in [1.54, 1.807) is 19.2 Å². The molecule has 5 rings (SSSR count). The third kappa shape index (κ3) is 3.40. The molecule has 152 valence electrons. The Kier molecular flexibility index (Phi) is 5.03. The van der Waals surface area contributed by atoms with Crippen molar-refractivity contribution in [2.45, 2.75) is 18.7 Å². The van der Waals surface area contributed by atoms with Crippen molar-refractivity contribution in [1.29, 1.82) is 0 Å². The molecule has 0 aromatic heterocycles. The summed E-state index contributed by atoms with van der Waals surface area (Å²) < 4.78 is 26.8. The minimum absolute atomic E-state index is 0.0252. The Labute approximate surface area is 190 Å². The quantitative estimate of drug-likeness (QED) is 0.381. The highest BCUT2D eigenvalue weighted by Crippen LogP contribution is 2.48.